The number of carbonyl (C=O) groups is 1. The third-order valence-electron chi connectivity index (χ3n) is 2.69. The van der Waals surface area contributed by atoms with Crippen molar-refractivity contribution >= 4 is 11.7 Å². The van der Waals surface area contributed by atoms with Gasteiger partial charge in [-0.3, -0.25) is 0 Å². The lowest BCUT2D eigenvalue weighted by molar-refractivity contribution is 0.0697. The molecule has 0 saturated carbocycles. The van der Waals surface area contributed by atoms with Crippen LogP contribution in [0.2, 0.25) is 0 Å². The Morgan fingerprint density at radius 2 is 2.29 bits per heavy atom. The zero-order chi connectivity index (χ0) is 12.8. The molecule has 92 valence electrons. The predicted molar refractivity (Wildman–Crippen MR) is 70.7 cm³/mol. The number of carboxylic acid groups (broad SMARTS) is 1. The first-order valence-electron chi connectivity index (χ1n) is 5.76. The molecule has 2 N–H and O–H groups in total. The van der Waals surface area contributed by atoms with Gasteiger partial charge in [0.05, 0.1) is 5.56 Å². The Balaban J connectivity index is 2.78. The van der Waals surface area contributed by atoms with E-state index in [0.717, 1.165) is 24.1 Å². The molecule has 1 unspecified atom stereocenters. The molecular weight excluding hydrogens is 214 g/mol. The number of hydrogen-bond donors (Lipinski definition) is 2. The summed E-state index contributed by atoms with van der Waals surface area (Å²) in [5.41, 5.74) is 2.26. The van der Waals surface area contributed by atoms with Crippen molar-refractivity contribution in [1.29, 1.82) is 0 Å². The molecule has 3 nitrogen and oxygen atoms in total. The van der Waals surface area contributed by atoms with Crippen LogP contribution in [0.4, 0.5) is 5.69 Å². The highest BCUT2D eigenvalue weighted by Crippen LogP contribution is 2.19. The van der Waals surface area contributed by atoms with Crippen molar-refractivity contribution in [3.8, 4) is 0 Å². The van der Waals surface area contributed by atoms with Gasteiger partial charge in [-0.25, -0.2) is 4.79 Å². The van der Waals surface area contributed by atoms with E-state index in [1.54, 1.807) is 12.1 Å². The number of allylic oxidation sites excluding steroid dienone is 1. The fourth-order valence-electron chi connectivity index (χ4n) is 1.62. The van der Waals surface area contributed by atoms with Crippen LogP contribution in [0.25, 0.3) is 0 Å². The van der Waals surface area contributed by atoms with Crippen LogP contribution in [-0.4, -0.2) is 17.1 Å². The van der Waals surface area contributed by atoms with Crippen LogP contribution in [-0.2, 0) is 0 Å². The normalized spacial score (nSPS) is 11.9. The van der Waals surface area contributed by atoms with Gasteiger partial charge < -0.3 is 10.4 Å². The highest BCUT2D eigenvalue weighted by molar-refractivity contribution is 5.89. The molecule has 0 spiro atoms. The number of anilines is 1. The average molecular weight is 233 g/mol. The summed E-state index contributed by atoms with van der Waals surface area (Å²) in [7, 11) is 0. The van der Waals surface area contributed by atoms with Gasteiger partial charge in [-0.05, 0) is 44.4 Å². The van der Waals surface area contributed by atoms with Crippen LogP contribution in [0.3, 0.4) is 0 Å². The van der Waals surface area contributed by atoms with E-state index in [4.69, 9.17) is 5.11 Å². The first-order chi connectivity index (χ1) is 8.04. The highest BCUT2D eigenvalue weighted by atomic mass is 16.4. The molecule has 0 bridgehead atoms. The minimum absolute atomic E-state index is 0.302. The Morgan fingerprint density at radius 3 is 2.88 bits per heavy atom. The summed E-state index contributed by atoms with van der Waals surface area (Å²) in [6.45, 7) is 7.74. The quantitative estimate of drug-likeness (QED) is 0.740. The SMILES string of the molecule is C=CCCC(C)Nc1cc(C(=O)O)ccc1C. The van der Waals surface area contributed by atoms with E-state index >= 15 is 0 Å². The third-order valence-corrected chi connectivity index (χ3v) is 2.69. The Bertz CT molecular complexity index is 413. The second-order valence-electron chi connectivity index (χ2n) is 4.25. The van der Waals surface area contributed by atoms with Gasteiger partial charge in [0.2, 0.25) is 0 Å². The van der Waals surface area contributed by atoms with Crippen molar-refractivity contribution in [3.63, 3.8) is 0 Å². The third kappa shape index (κ3) is 3.94. The number of aryl methyl sites for hydroxylation is 1. The fraction of sp³-hybridized carbons (Fsp3) is 0.357. The number of carboxylic acids is 1. The Labute approximate surface area is 102 Å². The number of nitrogens with one attached hydrogen (secondary N) is 1. The van der Waals surface area contributed by atoms with Crippen molar-refractivity contribution in [2.24, 2.45) is 0 Å². The van der Waals surface area contributed by atoms with Gasteiger partial charge in [-0.1, -0.05) is 12.1 Å². The number of rotatable bonds is 6. The van der Waals surface area contributed by atoms with E-state index in [0.29, 0.717) is 11.6 Å². The summed E-state index contributed by atoms with van der Waals surface area (Å²) in [4.78, 5) is 10.9. The summed E-state index contributed by atoms with van der Waals surface area (Å²) >= 11 is 0. The average Bonchev–Trinajstić information content (AvgIpc) is 2.29. The van der Waals surface area contributed by atoms with Gasteiger partial charge in [-0.2, -0.15) is 0 Å². The molecular formula is C14H19NO2. The van der Waals surface area contributed by atoms with Crippen molar-refractivity contribution in [3.05, 3.63) is 42.0 Å². The van der Waals surface area contributed by atoms with Gasteiger partial charge in [0.15, 0.2) is 0 Å². The summed E-state index contributed by atoms with van der Waals surface area (Å²) < 4.78 is 0. The molecule has 1 rings (SSSR count). The second kappa shape index (κ2) is 6.09. The Hall–Kier alpha value is -1.77. The minimum Gasteiger partial charge on any atom is -0.478 e. The lowest BCUT2D eigenvalue weighted by Gasteiger charge is -2.16. The van der Waals surface area contributed by atoms with Crippen molar-refractivity contribution in [2.75, 3.05) is 5.32 Å². The molecule has 0 fully saturated rings. The van der Waals surface area contributed by atoms with Crippen LogP contribution in [0.5, 0.6) is 0 Å². The standard InChI is InChI=1S/C14H19NO2/c1-4-5-6-11(3)15-13-9-12(14(16)17)8-7-10(13)2/h4,7-9,11,15H,1,5-6H2,2-3H3,(H,16,17). The molecule has 0 heterocycles. The lowest BCUT2D eigenvalue weighted by Crippen LogP contribution is -2.15. The molecule has 0 aromatic heterocycles. The second-order valence-corrected chi connectivity index (χ2v) is 4.25. The molecule has 0 aliphatic carbocycles. The maximum Gasteiger partial charge on any atom is 0.335 e. The topological polar surface area (TPSA) is 49.3 Å². The molecule has 0 radical (unpaired) electrons. The molecule has 1 atom stereocenters. The molecule has 0 aliphatic rings. The number of hydrogen-bond acceptors (Lipinski definition) is 2. The van der Waals surface area contributed by atoms with Crippen molar-refractivity contribution < 1.29 is 9.90 Å². The first-order valence-corrected chi connectivity index (χ1v) is 5.76. The van der Waals surface area contributed by atoms with Crippen LogP contribution >= 0.6 is 0 Å². The van der Waals surface area contributed by atoms with Crippen molar-refractivity contribution in [1.82, 2.24) is 0 Å². The van der Waals surface area contributed by atoms with Gasteiger partial charge >= 0.3 is 5.97 Å². The molecule has 17 heavy (non-hydrogen) atoms. The zero-order valence-corrected chi connectivity index (χ0v) is 10.4. The van der Waals surface area contributed by atoms with Gasteiger partial charge in [0.1, 0.15) is 0 Å². The molecule has 0 aliphatic heterocycles. The maximum absolute atomic E-state index is 10.9. The Morgan fingerprint density at radius 1 is 1.59 bits per heavy atom. The lowest BCUT2D eigenvalue weighted by atomic mass is 10.1. The van der Waals surface area contributed by atoms with Crippen LogP contribution in [0.15, 0.2) is 30.9 Å². The molecule has 3 heteroatoms. The summed E-state index contributed by atoms with van der Waals surface area (Å²) in [6.07, 6.45) is 3.82. The number of aromatic carboxylic acids is 1. The molecule has 0 saturated heterocycles. The smallest absolute Gasteiger partial charge is 0.335 e. The van der Waals surface area contributed by atoms with Crippen LogP contribution < -0.4 is 5.32 Å². The maximum atomic E-state index is 10.9. The van der Waals surface area contributed by atoms with Crippen LogP contribution in [0, 0.1) is 6.92 Å². The minimum atomic E-state index is -0.896. The monoisotopic (exact) mass is 233 g/mol. The fourth-order valence-corrected chi connectivity index (χ4v) is 1.62. The zero-order valence-electron chi connectivity index (χ0n) is 10.4. The van der Waals surface area contributed by atoms with Gasteiger partial charge in [0, 0.05) is 11.7 Å². The van der Waals surface area contributed by atoms with E-state index in [1.165, 1.54) is 0 Å². The summed E-state index contributed by atoms with van der Waals surface area (Å²) in [6, 6.07) is 5.43. The molecule has 1 aromatic rings. The van der Waals surface area contributed by atoms with Crippen molar-refractivity contribution in [2.45, 2.75) is 32.7 Å². The highest BCUT2D eigenvalue weighted by Gasteiger charge is 2.08. The van der Waals surface area contributed by atoms with Crippen LogP contribution in [0.1, 0.15) is 35.7 Å². The van der Waals surface area contributed by atoms with E-state index in [9.17, 15) is 4.79 Å². The van der Waals surface area contributed by atoms with E-state index < -0.39 is 5.97 Å². The largest absolute Gasteiger partial charge is 0.478 e. The van der Waals surface area contributed by atoms with Gasteiger partial charge in [-0.15, -0.1) is 6.58 Å². The van der Waals surface area contributed by atoms with Gasteiger partial charge in [0.25, 0.3) is 0 Å². The number of benzene rings is 1. The summed E-state index contributed by atoms with van der Waals surface area (Å²) in [5, 5.41) is 12.3. The first kappa shape index (κ1) is 13.3. The Kier molecular flexibility index (Phi) is 4.76. The predicted octanol–water partition coefficient (Wildman–Crippen LogP) is 3.46. The summed E-state index contributed by atoms with van der Waals surface area (Å²) in [5.74, 6) is -0.896. The van der Waals surface area contributed by atoms with E-state index in [2.05, 4.69) is 18.8 Å². The van der Waals surface area contributed by atoms with E-state index in [-0.39, 0.29) is 0 Å². The van der Waals surface area contributed by atoms with E-state index in [1.807, 2.05) is 19.1 Å². The molecule has 0 amide bonds. The molecule has 1 aromatic carbocycles.